The van der Waals surface area contributed by atoms with Crippen LogP contribution in [0.5, 0.6) is 0 Å². The highest BCUT2D eigenvalue weighted by Gasteiger charge is 2.37. The van der Waals surface area contributed by atoms with Crippen molar-refractivity contribution in [3.63, 3.8) is 0 Å². The molecule has 0 aliphatic carbocycles. The average Bonchev–Trinajstić information content (AvgIpc) is 2.68. The minimum absolute atomic E-state index is 0.00339. The number of piperidine rings is 1. The van der Waals surface area contributed by atoms with Crippen LogP contribution in [-0.2, 0) is 14.8 Å². The molecule has 0 bridgehead atoms. The average molecular weight is 429 g/mol. The zero-order chi connectivity index (χ0) is 19.6. The van der Waals surface area contributed by atoms with Crippen molar-refractivity contribution in [2.75, 3.05) is 6.54 Å². The Morgan fingerprint density at radius 3 is 2.78 bits per heavy atom. The normalized spacial score (nSPS) is 18.7. The van der Waals surface area contributed by atoms with Gasteiger partial charge in [-0.3, -0.25) is 4.79 Å². The molecule has 0 radical (unpaired) electrons. The van der Waals surface area contributed by atoms with Crippen LogP contribution < -0.4 is 0 Å². The van der Waals surface area contributed by atoms with Crippen LogP contribution in [0.2, 0.25) is 10.2 Å². The molecule has 0 N–H and O–H groups in total. The zero-order valence-electron chi connectivity index (χ0n) is 15.1. The molecule has 1 aliphatic heterocycles. The van der Waals surface area contributed by atoms with E-state index in [0.29, 0.717) is 35.2 Å². The predicted molar refractivity (Wildman–Crippen MR) is 108 cm³/mol. The number of carbonyl (C=O) groups is 1. The topological polar surface area (TPSA) is 67.3 Å². The quantitative estimate of drug-likeness (QED) is 0.616. The molecule has 1 fully saturated rings. The van der Waals surface area contributed by atoms with Crippen molar-refractivity contribution < 1.29 is 13.2 Å². The van der Waals surface area contributed by atoms with Gasteiger partial charge in [-0.15, -0.1) is 0 Å². The van der Waals surface area contributed by atoms with Crippen LogP contribution in [0.25, 0.3) is 10.8 Å². The molecule has 8 heteroatoms. The standard InChI is InChI=1S/C19H22Cl2N2O3S/c1-2-3-7-18(24)17-6-4-5-10-23(17)27(25,26)13-8-9-14-15(11-13)19(21)22-12-16(14)20/h8-9,11-12,17H,2-7,10H2,1H3/t17-/m1/s1. The van der Waals surface area contributed by atoms with Crippen molar-refractivity contribution in [1.29, 1.82) is 0 Å². The van der Waals surface area contributed by atoms with Gasteiger partial charge >= 0.3 is 0 Å². The number of unbranched alkanes of at least 4 members (excludes halogenated alkanes) is 1. The van der Waals surface area contributed by atoms with Gasteiger partial charge in [0.05, 0.1) is 16.0 Å². The number of aromatic nitrogens is 1. The predicted octanol–water partition coefficient (Wildman–Crippen LogP) is 4.84. The Balaban J connectivity index is 2.00. The highest BCUT2D eigenvalue weighted by molar-refractivity contribution is 7.89. The fourth-order valence-corrected chi connectivity index (χ4v) is 5.61. The number of halogens is 2. The number of pyridine rings is 1. The number of rotatable bonds is 6. The van der Waals surface area contributed by atoms with Gasteiger partial charge in [-0.1, -0.05) is 49.0 Å². The monoisotopic (exact) mass is 428 g/mol. The Morgan fingerprint density at radius 1 is 1.26 bits per heavy atom. The van der Waals surface area contributed by atoms with Crippen LogP contribution >= 0.6 is 23.2 Å². The molecule has 1 saturated heterocycles. The lowest BCUT2D eigenvalue weighted by atomic mass is 9.98. The Labute approximate surface area is 169 Å². The van der Waals surface area contributed by atoms with Crippen molar-refractivity contribution in [2.45, 2.75) is 56.4 Å². The summed E-state index contributed by atoms with van der Waals surface area (Å²) >= 11 is 12.3. The summed E-state index contributed by atoms with van der Waals surface area (Å²) in [6, 6.07) is 4.06. The minimum atomic E-state index is -3.82. The number of hydrogen-bond donors (Lipinski definition) is 0. The van der Waals surface area contributed by atoms with E-state index >= 15 is 0 Å². The molecule has 2 aromatic rings. The molecule has 0 spiro atoms. The summed E-state index contributed by atoms with van der Waals surface area (Å²) in [5.41, 5.74) is 0. The highest BCUT2D eigenvalue weighted by atomic mass is 35.5. The van der Waals surface area contributed by atoms with E-state index in [1.54, 1.807) is 6.07 Å². The molecule has 27 heavy (non-hydrogen) atoms. The summed E-state index contributed by atoms with van der Waals surface area (Å²) in [5.74, 6) is 0.00339. The second kappa shape index (κ2) is 8.43. The van der Waals surface area contributed by atoms with Crippen LogP contribution in [-0.4, -0.2) is 36.1 Å². The van der Waals surface area contributed by atoms with Gasteiger partial charge in [-0.2, -0.15) is 4.31 Å². The van der Waals surface area contributed by atoms with Crippen LogP contribution in [0, 0.1) is 0 Å². The van der Waals surface area contributed by atoms with E-state index in [0.717, 1.165) is 25.7 Å². The van der Waals surface area contributed by atoms with Gasteiger partial charge in [0.2, 0.25) is 10.0 Å². The summed E-state index contributed by atoms with van der Waals surface area (Å²) in [6.45, 7) is 2.37. The number of carbonyl (C=O) groups excluding carboxylic acids is 1. The Kier molecular flexibility index (Phi) is 6.41. The molecule has 1 aliphatic rings. The Morgan fingerprint density at radius 2 is 2.04 bits per heavy atom. The van der Waals surface area contributed by atoms with Gasteiger partial charge in [0.15, 0.2) is 5.78 Å². The number of Topliss-reactive ketones (excluding diaryl/α,β-unsaturated/α-hetero) is 1. The first-order valence-electron chi connectivity index (χ1n) is 9.14. The second-order valence-corrected chi connectivity index (χ2v) is 9.46. The lowest BCUT2D eigenvalue weighted by Crippen LogP contribution is -2.47. The number of nitrogens with zero attached hydrogens (tertiary/aromatic N) is 2. The van der Waals surface area contributed by atoms with Crippen LogP contribution in [0.3, 0.4) is 0 Å². The molecular weight excluding hydrogens is 407 g/mol. The minimum Gasteiger partial charge on any atom is -0.298 e. The van der Waals surface area contributed by atoms with Crippen LogP contribution in [0.1, 0.15) is 45.4 Å². The number of hydrogen-bond acceptors (Lipinski definition) is 4. The first-order valence-corrected chi connectivity index (χ1v) is 11.3. The van der Waals surface area contributed by atoms with Crippen LogP contribution in [0.15, 0.2) is 29.3 Å². The number of sulfonamides is 1. The Bertz CT molecular complexity index is 963. The molecule has 2 heterocycles. The van der Waals surface area contributed by atoms with E-state index in [9.17, 15) is 13.2 Å². The molecule has 3 rings (SSSR count). The van der Waals surface area contributed by atoms with E-state index in [1.165, 1.54) is 22.6 Å². The van der Waals surface area contributed by atoms with E-state index in [4.69, 9.17) is 23.2 Å². The summed E-state index contributed by atoms with van der Waals surface area (Å²) in [7, 11) is -3.82. The molecule has 5 nitrogen and oxygen atoms in total. The lowest BCUT2D eigenvalue weighted by Gasteiger charge is -2.33. The summed E-state index contributed by atoms with van der Waals surface area (Å²) in [4.78, 5) is 16.7. The number of fused-ring (bicyclic) bond motifs is 1. The molecule has 0 saturated carbocycles. The fourth-order valence-electron chi connectivity index (χ4n) is 3.48. The van der Waals surface area contributed by atoms with Gasteiger partial charge in [0.1, 0.15) is 5.15 Å². The smallest absolute Gasteiger partial charge is 0.243 e. The van der Waals surface area contributed by atoms with Gasteiger partial charge < -0.3 is 0 Å². The third-order valence-corrected chi connectivity index (χ3v) is 7.48. The van der Waals surface area contributed by atoms with Gasteiger partial charge in [0, 0.05) is 29.9 Å². The molecule has 0 unspecified atom stereocenters. The maximum absolute atomic E-state index is 13.3. The SMILES string of the molecule is CCCCC(=O)[C@H]1CCCCN1S(=O)(=O)c1ccc2c(Cl)cnc(Cl)c2c1. The maximum Gasteiger partial charge on any atom is 0.243 e. The molecule has 1 aromatic heterocycles. The molecular formula is C19H22Cl2N2O3S. The maximum atomic E-state index is 13.3. The molecule has 0 amide bonds. The first-order chi connectivity index (χ1) is 12.9. The van der Waals surface area contributed by atoms with Gasteiger partial charge in [-0.25, -0.2) is 13.4 Å². The van der Waals surface area contributed by atoms with Gasteiger partial charge in [0.25, 0.3) is 0 Å². The van der Waals surface area contributed by atoms with Crippen molar-refractivity contribution in [2.24, 2.45) is 0 Å². The largest absolute Gasteiger partial charge is 0.298 e. The van der Waals surface area contributed by atoms with E-state index < -0.39 is 16.1 Å². The second-order valence-electron chi connectivity index (χ2n) is 6.80. The third kappa shape index (κ3) is 4.14. The van der Waals surface area contributed by atoms with E-state index in [-0.39, 0.29) is 15.8 Å². The molecule has 146 valence electrons. The van der Waals surface area contributed by atoms with Crippen molar-refractivity contribution in [3.05, 3.63) is 34.6 Å². The Hall–Kier alpha value is -1.21. The summed E-state index contributed by atoms with van der Waals surface area (Å²) < 4.78 is 27.9. The van der Waals surface area contributed by atoms with E-state index in [2.05, 4.69) is 4.98 Å². The first kappa shape index (κ1) is 20.5. The molecule has 1 atom stereocenters. The fraction of sp³-hybridized carbons (Fsp3) is 0.474. The lowest BCUT2D eigenvalue weighted by molar-refractivity contribution is -0.123. The summed E-state index contributed by atoms with van der Waals surface area (Å²) in [5, 5.41) is 1.73. The number of benzene rings is 1. The zero-order valence-corrected chi connectivity index (χ0v) is 17.4. The number of ketones is 1. The summed E-state index contributed by atoms with van der Waals surface area (Å²) in [6.07, 6.45) is 5.71. The van der Waals surface area contributed by atoms with Crippen molar-refractivity contribution in [3.8, 4) is 0 Å². The third-order valence-electron chi connectivity index (χ3n) is 4.97. The van der Waals surface area contributed by atoms with Crippen LogP contribution in [0.4, 0.5) is 0 Å². The van der Waals surface area contributed by atoms with Crippen molar-refractivity contribution in [1.82, 2.24) is 9.29 Å². The van der Waals surface area contributed by atoms with Crippen molar-refractivity contribution >= 4 is 49.8 Å². The highest BCUT2D eigenvalue weighted by Crippen LogP contribution is 2.32. The van der Waals surface area contributed by atoms with E-state index in [1.807, 2.05) is 6.92 Å². The van der Waals surface area contributed by atoms with Gasteiger partial charge in [-0.05, 0) is 31.4 Å². The molecule has 1 aromatic carbocycles.